The van der Waals surface area contributed by atoms with Crippen LogP contribution in [0.3, 0.4) is 0 Å². The molecule has 0 bridgehead atoms. The average molecular weight is 584 g/mol. The molecule has 0 aliphatic rings. The monoisotopic (exact) mass is 583 g/mol. The first-order valence-corrected chi connectivity index (χ1v) is 14.1. The number of hydrogen-bond donors (Lipinski definition) is 5. The van der Waals surface area contributed by atoms with Crippen molar-refractivity contribution in [3.63, 3.8) is 0 Å². The molecular weight excluding hydrogens is 542 g/mol. The number of anilines is 3. The van der Waals surface area contributed by atoms with Crippen LogP contribution in [-0.2, 0) is 22.2 Å². The highest BCUT2D eigenvalue weighted by Crippen LogP contribution is 2.39. The van der Waals surface area contributed by atoms with Gasteiger partial charge in [-0.25, -0.2) is 10.1 Å². The lowest BCUT2D eigenvalue weighted by Gasteiger charge is -2.24. The molecule has 3 rings (SSSR count). The number of aromatic nitrogens is 2. The van der Waals surface area contributed by atoms with E-state index < -0.39 is 17.2 Å². The van der Waals surface area contributed by atoms with Crippen molar-refractivity contribution >= 4 is 39.9 Å². The summed E-state index contributed by atoms with van der Waals surface area (Å²) in [4.78, 5) is 13.4. The number of carbonyl (C=O) groups excluding carboxylic acids is 1. The zero-order valence-corrected chi connectivity index (χ0v) is 25.9. The minimum Gasteiger partial charge on any atom is -0.492 e. The second-order valence-corrected chi connectivity index (χ2v) is 12.6. The Morgan fingerprint density at radius 1 is 1.12 bits per heavy atom. The van der Waals surface area contributed by atoms with E-state index in [1.54, 1.807) is 42.7 Å². The number of aryl methyl sites for hydroxylation is 1. The third-order valence-corrected chi connectivity index (χ3v) is 6.98. The van der Waals surface area contributed by atoms with Crippen LogP contribution in [0, 0.1) is 13.8 Å². The van der Waals surface area contributed by atoms with E-state index in [1.165, 1.54) is 12.1 Å². The van der Waals surface area contributed by atoms with Crippen LogP contribution in [0.1, 0.15) is 74.3 Å². The smallest absolute Gasteiger partial charge is 0.259 e. The predicted octanol–water partition coefficient (Wildman–Crippen LogP) is 5.00. The van der Waals surface area contributed by atoms with E-state index in [9.17, 15) is 13.6 Å². The van der Waals surface area contributed by atoms with Crippen molar-refractivity contribution in [1.29, 1.82) is 0 Å². The van der Waals surface area contributed by atoms with Crippen LogP contribution >= 0.6 is 0 Å². The largest absolute Gasteiger partial charge is 0.492 e. The lowest BCUT2D eigenvalue weighted by molar-refractivity contribution is 0.102. The van der Waals surface area contributed by atoms with Crippen molar-refractivity contribution < 1.29 is 18.3 Å². The lowest BCUT2D eigenvalue weighted by Crippen LogP contribution is -2.27. The molecule has 1 amide bonds. The zero-order chi connectivity index (χ0) is 30.9. The van der Waals surface area contributed by atoms with Gasteiger partial charge in [0.2, 0.25) is 0 Å². The Morgan fingerprint density at radius 2 is 1.76 bits per heavy atom. The first kappa shape index (κ1) is 31.7. The fraction of sp³-hybridized carbons (Fsp3) is 0.379. The van der Waals surface area contributed by atoms with E-state index >= 15 is 0 Å². The van der Waals surface area contributed by atoms with Crippen molar-refractivity contribution in [2.75, 3.05) is 22.2 Å². The average Bonchev–Trinajstić information content (AvgIpc) is 3.25. The van der Waals surface area contributed by atoms with Gasteiger partial charge in [0.25, 0.3) is 17.2 Å². The second kappa shape index (κ2) is 11.9. The highest BCUT2D eigenvalue weighted by molar-refractivity contribution is 7.80. The molecule has 0 aliphatic heterocycles. The lowest BCUT2D eigenvalue weighted by atomic mass is 9.86. The summed E-state index contributed by atoms with van der Waals surface area (Å²) >= 11 is -2.34. The maximum Gasteiger partial charge on any atom is 0.259 e. The van der Waals surface area contributed by atoms with Crippen molar-refractivity contribution in [2.45, 2.75) is 66.3 Å². The van der Waals surface area contributed by atoms with Gasteiger partial charge >= 0.3 is 0 Å². The minimum absolute atomic E-state index is 0.204. The fourth-order valence-electron chi connectivity index (χ4n) is 4.43. The van der Waals surface area contributed by atoms with Crippen LogP contribution in [-0.4, -0.2) is 31.6 Å². The van der Waals surface area contributed by atoms with E-state index in [0.29, 0.717) is 22.6 Å². The molecule has 2 aromatic carbocycles. The van der Waals surface area contributed by atoms with E-state index in [0.717, 1.165) is 22.4 Å². The Morgan fingerprint density at radius 3 is 2.29 bits per heavy atom. The van der Waals surface area contributed by atoms with Crippen molar-refractivity contribution in [3.8, 4) is 5.75 Å². The molecule has 0 spiro atoms. The summed E-state index contributed by atoms with van der Waals surface area (Å²) in [6.45, 7) is 16.0. The Bertz CT molecular complexity index is 1500. The number of benzene rings is 2. The number of hydrogen-bond acceptors (Lipinski definition) is 7. The second-order valence-electron chi connectivity index (χ2n) is 11.9. The molecule has 222 valence electrons. The van der Waals surface area contributed by atoms with E-state index in [2.05, 4.69) is 35.9 Å². The number of ether oxygens (including phenoxy) is 1. The normalized spacial score (nSPS) is 13.1. The maximum absolute atomic E-state index is 13.4. The Hall–Kier alpha value is -3.87. The molecule has 1 unspecified atom stereocenters. The highest BCUT2D eigenvalue weighted by atomic mass is 32.2. The molecule has 7 N–H and O–H groups in total. The summed E-state index contributed by atoms with van der Waals surface area (Å²) in [6.07, 6.45) is 3.31. The summed E-state index contributed by atoms with van der Waals surface area (Å²) in [6, 6.07) is 8.66. The molecule has 1 heterocycles. The number of nitrogens with one attached hydrogen (secondary N) is 2. The SMILES string of the molecule is COc1c(NC(=O)c2ccc(C)c(N(N)/C=C(\N)c3cnn(C(C)(C)C)c3C)c2)cc(C(C)(C)C)cc1NS(=O)O. The number of nitrogens with zero attached hydrogens (tertiary/aromatic N) is 3. The molecule has 0 aliphatic carbocycles. The minimum atomic E-state index is -2.34. The van der Waals surface area contributed by atoms with Crippen LogP contribution in [0.2, 0.25) is 0 Å². The highest BCUT2D eigenvalue weighted by Gasteiger charge is 2.23. The number of rotatable bonds is 8. The van der Waals surface area contributed by atoms with Crippen molar-refractivity contribution in [3.05, 3.63) is 70.7 Å². The Balaban J connectivity index is 1.96. The Kier molecular flexibility index (Phi) is 9.21. The third-order valence-electron chi connectivity index (χ3n) is 6.59. The molecule has 3 aromatic rings. The van der Waals surface area contributed by atoms with Crippen molar-refractivity contribution in [1.82, 2.24) is 9.78 Å². The molecule has 11 nitrogen and oxygen atoms in total. The number of carbonyl (C=O) groups is 1. The number of amides is 1. The quantitative estimate of drug-likeness (QED) is 0.141. The van der Waals surface area contributed by atoms with Gasteiger partial charge < -0.3 is 15.8 Å². The van der Waals surface area contributed by atoms with Gasteiger partial charge in [0.1, 0.15) is 0 Å². The molecular formula is C29H41N7O4S. The van der Waals surface area contributed by atoms with Crippen LogP contribution in [0.4, 0.5) is 17.1 Å². The first-order valence-electron chi connectivity index (χ1n) is 13.0. The summed E-state index contributed by atoms with van der Waals surface area (Å²) in [7, 11) is 1.42. The predicted molar refractivity (Wildman–Crippen MR) is 166 cm³/mol. The van der Waals surface area contributed by atoms with Gasteiger partial charge in [-0.1, -0.05) is 26.8 Å². The van der Waals surface area contributed by atoms with Gasteiger partial charge in [-0.3, -0.25) is 23.8 Å². The van der Waals surface area contributed by atoms with Crippen LogP contribution < -0.4 is 31.4 Å². The molecule has 12 heteroatoms. The van der Waals surface area contributed by atoms with E-state index in [-0.39, 0.29) is 22.4 Å². The maximum atomic E-state index is 13.4. The Labute approximate surface area is 244 Å². The zero-order valence-electron chi connectivity index (χ0n) is 25.1. The molecule has 1 atom stereocenters. The molecule has 41 heavy (non-hydrogen) atoms. The van der Waals surface area contributed by atoms with Gasteiger partial charge in [-0.2, -0.15) is 5.10 Å². The van der Waals surface area contributed by atoms with Gasteiger partial charge in [0.05, 0.1) is 41.6 Å². The van der Waals surface area contributed by atoms with Crippen LogP contribution in [0.5, 0.6) is 5.75 Å². The topological polar surface area (TPSA) is 161 Å². The van der Waals surface area contributed by atoms with E-state index in [1.807, 2.05) is 39.3 Å². The first-order chi connectivity index (χ1) is 18.9. The van der Waals surface area contributed by atoms with Crippen LogP contribution in [0.15, 0.2) is 42.7 Å². The fourth-order valence-corrected chi connectivity index (χ4v) is 4.77. The summed E-state index contributed by atoms with van der Waals surface area (Å²) < 4.78 is 30.9. The summed E-state index contributed by atoms with van der Waals surface area (Å²) in [5.74, 6) is 6.22. The van der Waals surface area contributed by atoms with Crippen LogP contribution in [0.25, 0.3) is 5.70 Å². The van der Waals surface area contributed by atoms with Gasteiger partial charge in [0.15, 0.2) is 5.75 Å². The van der Waals surface area contributed by atoms with Crippen molar-refractivity contribution in [2.24, 2.45) is 11.6 Å². The van der Waals surface area contributed by atoms with Gasteiger partial charge in [0, 0.05) is 23.0 Å². The molecule has 0 saturated heterocycles. The molecule has 1 aromatic heterocycles. The summed E-state index contributed by atoms with van der Waals surface area (Å²) in [5.41, 5.74) is 11.2. The summed E-state index contributed by atoms with van der Waals surface area (Å²) in [5, 5.41) is 8.75. The molecule has 0 saturated carbocycles. The molecule has 0 fully saturated rings. The van der Waals surface area contributed by atoms with Gasteiger partial charge in [-0.15, -0.1) is 0 Å². The van der Waals surface area contributed by atoms with Gasteiger partial charge in [-0.05, 0) is 75.4 Å². The number of methoxy groups -OCH3 is 1. The number of nitrogens with two attached hydrogens (primary N) is 2. The van der Waals surface area contributed by atoms with E-state index in [4.69, 9.17) is 16.3 Å². The number of hydrazine groups is 1. The third kappa shape index (κ3) is 7.26. The standard InChI is InChI=1S/C29H41N7O4S/c1-17-10-11-19(12-25(17)35(31)16-22(30)21-15-32-36(18(21)2)29(6,7)8)27(37)33-23-13-20(28(3,4)5)14-24(26(23)40-9)34-41(38)39/h10-16,34H,30-31H2,1-9H3,(H,33,37)(H,38,39)/b22-16-. The molecule has 0 radical (unpaired) electrons.